The summed E-state index contributed by atoms with van der Waals surface area (Å²) in [7, 11) is 1.29. The number of rotatable bonds is 4. The van der Waals surface area contributed by atoms with E-state index >= 15 is 0 Å². The largest absolute Gasteiger partial charge is 0.381 e. The maximum Gasteiger partial charge on any atom is 0.269 e. The van der Waals surface area contributed by atoms with E-state index in [-0.39, 0.29) is 6.61 Å². The summed E-state index contributed by atoms with van der Waals surface area (Å²) in [6.45, 7) is 2.73. The van der Waals surface area contributed by atoms with E-state index in [1.807, 2.05) is 0 Å². The van der Waals surface area contributed by atoms with Crippen LogP contribution in [-0.4, -0.2) is 30.8 Å². The number of hydrogen-bond acceptors (Lipinski definition) is 2. The number of methoxy groups -OCH3 is 1. The molecule has 2 nitrogen and oxygen atoms in total. The minimum absolute atomic E-state index is 0.331. The zero-order chi connectivity index (χ0) is 9.07. The number of ether oxygens (including phenoxy) is 1. The summed E-state index contributed by atoms with van der Waals surface area (Å²) in [5.74, 6) is -0.512. The topological polar surface area (TPSA) is 29.5 Å². The third-order valence-electron chi connectivity index (χ3n) is 1.75. The molecule has 0 bridgehead atoms. The van der Waals surface area contributed by atoms with Gasteiger partial charge in [0.1, 0.15) is 0 Å². The normalized spacial score (nSPS) is 17.5. The first-order valence-electron chi connectivity index (χ1n) is 3.44. The second kappa shape index (κ2) is 3.97. The van der Waals surface area contributed by atoms with Gasteiger partial charge in [0.15, 0.2) is 5.60 Å². The van der Waals surface area contributed by atoms with Crippen LogP contribution in [0.15, 0.2) is 0 Å². The molecule has 0 spiro atoms. The third-order valence-corrected chi connectivity index (χ3v) is 1.75. The lowest BCUT2D eigenvalue weighted by atomic mass is 9.92. The van der Waals surface area contributed by atoms with E-state index < -0.39 is 17.9 Å². The Morgan fingerprint density at radius 2 is 1.91 bits per heavy atom. The molecule has 1 N–H and O–H groups in total. The van der Waals surface area contributed by atoms with Crippen molar-refractivity contribution in [2.45, 2.75) is 25.9 Å². The molecule has 0 aromatic carbocycles. The second-order valence-corrected chi connectivity index (χ2v) is 2.88. The van der Waals surface area contributed by atoms with Crippen LogP contribution in [-0.2, 0) is 4.74 Å². The van der Waals surface area contributed by atoms with Crippen molar-refractivity contribution < 1.29 is 18.6 Å². The fourth-order valence-corrected chi connectivity index (χ4v) is 0.713. The fourth-order valence-electron chi connectivity index (χ4n) is 0.713. The summed E-state index contributed by atoms with van der Waals surface area (Å²) in [6, 6.07) is 0. The van der Waals surface area contributed by atoms with Gasteiger partial charge in [0.25, 0.3) is 6.43 Å². The highest BCUT2D eigenvalue weighted by atomic mass is 19.3. The Bertz CT molecular complexity index is 107. The highest BCUT2D eigenvalue weighted by molar-refractivity contribution is 4.84. The molecule has 11 heavy (non-hydrogen) atoms. The van der Waals surface area contributed by atoms with Crippen molar-refractivity contribution in [3.63, 3.8) is 0 Å². The Hall–Kier alpha value is -0.220. The van der Waals surface area contributed by atoms with Gasteiger partial charge in [0.2, 0.25) is 0 Å². The zero-order valence-corrected chi connectivity index (χ0v) is 6.97. The van der Waals surface area contributed by atoms with Gasteiger partial charge in [0.05, 0.1) is 6.61 Å². The number of alkyl halides is 2. The van der Waals surface area contributed by atoms with E-state index in [1.54, 1.807) is 0 Å². The SMILES string of the molecule is COCC(O)(C(C)C)C(F)F. The highest BCUT2D eigenvalue weighted by Gasteiger charge is 2.40. The molecule has 0 rings (SSSR count). The zero-order valence-electron chi connectivity index (χ0n) is 6.97. The van der Waals surface area contributed by atoms with Gasteiger partial charge in [-0.15, -0.1) is 0 Å². The van der Waals surface area contributed by atoms with Crippen LogP contribution < -0.4 is 0 Å². The van der Waals surface area contributed by atoms with E-state index in [2.05, 4.69) is 4.74 Å². The van der Waals surface area contributed by atoms with Gasteiger partial charge in [-0.05, 0) is 5.92 Å². The Labute approximate surface area is 65.2 Å². The lowest BCUT2D eigenvalue weighted by Crippen LogP contribution is -2.46. The summed E-state index contributed by atoms with van der Waals surface area (Å²) in [5.41, 5.74) is -2.01. The molecule has 0 aromatic rings. The standard InChI is InChI=1S/C7H14F2O2/c1-5(2)7(10,4-11-3)6(8)9/h5-6,10H,4H2,1-3H3. The van der Waals surface area contributed by atoms with Gasteiger partial charge in [-0.1, -0.05) is 13.8 Å². The molecule has 0 aromatic heterocycles. The molecule has 0 heterocycles. The van der Waals surface area contributed by atoms with E-state index in [9.17, 15) is 13.9 Å². The van der Waals surface area contributed by atoms with E-state index in [1.165, 1.54) is 21.0 Å². The van der Waals surface area contributed by atoms with Gasteiger partial charge in [0, 0.05) is 7.11 Å². The average Bonchev–Trinajstić information content (AvgIpc) is 1.87. The minimum Gasteiger partial charge on any atom is -0.381 e. The maximum absolute atomic E-state index is 12.2. The fraction of sp³-hybridized carbons (Fsp3) is 1.00. The summed E-state index contributed by atoms with van der Waals surface area (Å²) in [4.78, 5) is 0. The predicted molar refractivity (Wildman–Crippen MR) is 37.7 cm³/mol. The van der Waals surface area contributed by atoms with Crippen LogP contribution in [0.25, 0.3) is 0 Å². The first-order chi connectivity index (χ1) is 4.95. The molecule has 0 saturated carbocycles. The molecule has 68 valence electrons. The third kappa shape index (κ3) is 2.38. The number of aliphatic hydroxyl groups is 1. The minimum atomic E-state index is -2.76. The van der Waals surface area contributed by atoms with Gasteiger partial charge in [-0.25, -0.2) is 8.78 Å². The van der Waals surface area contributed by atoms with Crippen molar-refractivity contribution in [1.82, 2.24) is 0 Å². The number of hydrogen-bond donors (Lipinski definition) is 1. The quantitative estimate of drug-likeness (QED) is 0.685. The van der Waals surface area contributed by atoms with Crippen molar-refractivity contribution >= 4 is 0 Å². The van der Waals surface area contributed by atoms with Gasteiger partial charge in [-0.3, -0.25) is 0 Å². The molecule has 1 unspecified atom stereocenters. The summed E-state index contributed by atoms with van der Waals surface area (Å²) in [5, 5.41) is 9.29. The van der Waals surface area contributed by atoms with Crippen LogP contribution in [0.5, 0.6) is 0 Å². The van der Waals surface area contributed by atoms with Crippen LogP contribution in [0.3, 0.4) is 0 Å². The molecule has 0 radical (unpaired) electrons. The van der Waals surface area contributed by atoms with Gasteiger partial charge >= 0.3 is 0 Å². The molecule has 0 aliphatic carbocycles. The molecule has 0 fully saturated rings. The lowest BCUT2D eigenvalue weighted by molar-refractivity contribution is -0.155. The Morgan fingerprint density at radius 3 is 2.00 bits per heavy atom. The van der Waals surface area contributed by atoms with Crippen LogP contribution in [0.1, 0.15) is 13.8 Å². The molecule has 0 aliphatic heterocycles. The molecule has 1 atom stereocenters. The van der Waals surface area contributed by atoms with Crippen LogP contribution in [0, 0.1) is 5.92 Å². The molecule has 0 amide bonds. The smallest absolute Gasteiger partial charge is 0.269 e. The number of halogens is 2. The maximum atomic E-state index is 12.2. The molecular formula is C7H14F2O2. The molecule has 4 heteroatoms. The summed E-state index contributed by atoms with van der Waals surface area (Å²) < 4.78 is 28.9. The summed E-state index contributed by atoms with van der Waals surface area (Å²) >= 11 is 0. The first kappa shape index (κ1) is 10.8. The molecular weight excluding hydrogens is 154 g/mol. The Kier molecular flexibility index (Phi) is 3.89. The van der Waals surface area contributed by atoms with E-state index in [0.29, 0.717) is 0 Å². The van der Waals surface area contributed by atoms with Crippen molar-refractivity contribution in [1.29, 1.82) is 0 Å². The van der Waals surface area contributed by atoms with Crippen LogP contribution in [0.2, 0.25) is 0 Å². The van der Waals surface area contributed by atoms with Gasteiger partial charge < -0.3 is 9.84 Å². The monoisotopic (exact) mass is 168 g/mol. The lowest BCUT2D eigenvalue weighted by Gasteiger charge is -2.30. The van der Waals surface area contributed by atoms with Crippen LogP contribution >= 0.6 is 0 Å². The Balaban J connectivity index is 4.26. The first-order valence-corrected chi connectivity index (χ1v) is 3.44. The van der Waals surface area contributed by atoms with Gasteiger partial charge in [-0.2, -0.15) is 0 Å². The van der Waals surface area contributed by atoms with Crippen LogP contribution in [0.4, 0.5) is 8.78 Å². The second-order valence-electron chi connectivity index (χ2n) is 2.88. The van der Waals surface area contributed by atoms with E-state index in [0.717, 1.165) is 0 Å². The van der Waals surface area contributed by atoms with Crippen molar-refractivity contribution in [2.75, 3.05) is 13.7 Å². The van der Waals surface area contributed by atoms with Crippen molar-refractivity contribution in [3.05, 3.63) is 0 Å². The Morgan fingerprint density at radius 1 is 1.45 bits per heavy atom. The van der Waals surface area contributed by atoms with E-state index in [4.69, 9.17) is 0 Å². The highest BCUT2D eigenvalue weighted by Crippen LogP contribution is 2.24. The average molecular weight is 168 g/mol. The molecule has 0 aliphatic rings. The molecule has 0 saturated heterocycles. The van der Waals surface area contributed by atoms with Crippen molar-refractivity contribution in [3.8, 4) is 0 Å². The van der Waals surface area contributed by atoms with Crippen molar-refractivity contribution in [2.24, 2.45) is 5.92 Å². The summed E-state index contributed by atoms with van der Waals surface area (Å²) in [6.07, 6.45) is -2.76. The predicted octanol–water partition coefficient (Wildman–Crippen LogP) is 1.29.